The van der Waals surface area contributed by atoms with Crippen molar-refractivity contribution in [2.75, 3.05) is 4.90 Å². The first kappa shape index (κ1) is 21.6. The molecule has 4 rings (SSSR count). The summed E-state index contributed by atoms with van der Waals surface area (Å²) < 4.78 is 5.17. The molecule has 0 aliphatic carbocycles. The summed E-state index contributed by atoms with van der Waals surface area (Å²) in [7, 11) is 0. The van der Waals surface area contributed by atoms with Crippen LogP contribution in [-0.2, 0) is 15.0 Å². The topological polar surface area (TPSA) is 83.6 Å². The van der Waals surface area contributed by atoms with Gasteiger partial charge in [0, 0.05) is 11.6 Å². The number of hydrogen-bond donors (Lipinski definition) is 1. The van der Waals surface area contributed by atoms with Crippen LogP contribution in [0.1, 0.15) is 54.8 Å². The van der Waals surface area contributed by atoms with Crippen LogP contribution < -0.4 is 4.90 Å². The van der Waals surface area contributed by atoms with Crippen LogP contribution in [-0.4, -0.2) is 22.0 Å². The molecule has 2 aromatic carbocycles. The number of aromatic nitrogens is 1. The second-order valence-electron chi connectivity index (χ2n) is 9.20. The summed E-state index contributed by atoms with van der Waals surface area (Å²) in [6, 6.07) is 15.7. The summed E-state index contributed by atoms with van der Waals surface area (Å²) >= 11 is 0. The smallest absolute Gasteiger partial charge is 0.301 e. The maximum absolute atomic E-state index is 13.1. The molecule has 2 heterocycles. The zero-order valence-corrected chi connectivity index (χ0v) is 18.8. The molecule has 1 N–H and O–H groups in total. The monoisotopic (exact) mass is 430 g/mol. The highest BCUT2D eigenvalue weighted by Gasteiger charge is 2.48. The summed E-state index contributed by atoms with van der Waals surface area (Å²) in [5.74, 6) is -0.971. The Labute approximate surface area is 187 Å². The molecule has 6 nitrogen and oxygen atoms in total. The van der Waals surface area contributed by atoms with Crippen molar-refractivity contribution in [3.63, 3.8) is 0 Å². The minimum Gasteiger partial charge on any atom is -0.507 e. The molecule has 1 aliphatic heterocycles. The predicted octanol–water partition coefficient (Wildman–Crippen LogP) is 5.22. The Balaban J connectivity index is 1.91. The third-order valence-electron chi connectivity index (χ3n) is 5.72. The SMILES string of the molecule is Cc1ccc(C(O)=C2C(=O)C(=O)N(c3cc(C)on3)[C@H]2c2ccc(C(C)(C)C)cc2)cc1. The van der Waals surface area contributed by atoms with Crippen molar-refractivity contribution in [3.8, 4) is 0 Å². The maximum Gasteiger partial charge on any atom is 0.301 e. The van der Waals surface area contributed by atoms with Crippen molar-refractivity contribution >= 4 is 23.3 Å². The standard InChI is InChI=1S/C26H26N2O4/c1-15-6-8-18(9-7-15)23(29)21-22(17-10-12-19(13-11-17)26(3,4)5)28(25(31)24(21)30)20-14-16(2)32-27-20/h6-14,22,29H,1-5H3/t22-/m0/s1. The highest BCUT2D eigenvalue weighted by molar-refractivity contribution is 6.51. The lowest BCUT2D eigenvalue weighted by Crippen LogP contribution is -2.29. The summed E-state index contributed by atoms with van der Waals surface area (Å²) in [5.41, 5.74) is 3.30. The predicted molar refractivity (Wildman–Crippen MR) is 122 cm³/mol. The number of Topliss-reactive ketones (excluding diaryl/α,β-unsaturated/α-hetero) is 1. The van der Waals surface area contributed by atoms with Crippen LogP contribution in [0.25, 0.3) is 5.76 Å². The molecule has 1 saturated heterocycles. The quantitative estimate of drug-likeness (QED) is 0.350. The molecule has 1 fully saturated rings. The number of hydrogen-bond acceptors (Lipinski definition) is 5. The van der Waals surface area contributed by atoms with Crippen LogP contribution in [0, 0.1) is 13.8 Å². The van der Waals surface area contributed by atoms with E-state index < -0.39 is 17.7 Å². The number of aliphatic hydroxyl groups excluding tert-OH is 1. The number of benzene rings is 2. The van der Waals surface area contributed by atoms with Crippen LogP contribution in [0.5, 0.6) is 0 Å². The van der Waals surface area contributed by atoms with E-state index in [1.165, 1.54) is 4.90 Å². The lowest BCUT2D eigenvalue weighted by Gasteiger charge is -2.24. The molecule has 32 heavy (non-hydrogen) atoms. The first-order chi connectivity index (χ1) is 15.1. The Kier molecular flexibility index (Phi) is 5.25. The van der Waals surface area contributed by atoms with Crippen molar-refractivity contribution in [1.29, 1.82) is 0 Å². The molecule has 1 aromatic heterocycles. The van der Waals surface area contributed by atoms with Crippen molar-refractivity contribution in [2.45, 2.75) is 46.1 Å². The van der Waals surface area contributed by atoms with Gasteiger partial charge in [-0.05, 0) is 30.4 Å². The second kappa shape index (κ2) is 7.79. The number of rotatable bonds is 3. The molecule has 164 valence electrons. The fraction of sp³-hybridized carbons (Fsp3) is 0.269. The van der Waals surface area contributed by atoms with Gasteiger partial charge in [-0.25, -0.2) is 0 Å². The molecular weight excluding hydrogens is 404 g/mol. The van der Waals surface area contributed by atoms with E-state index in [1.54, 1.807) is 25.1 Å². The number of nitrogens with zero attached hydrogens (tertiary/aromatic N) is 2. The first-order valence-corrected chi connectivity index (χ1v) is 10.5. The average molecular weight is 431 g/mol. The summed E-state index contributed by atoms with van der Waals surface area (Å²) in [6.45, 7) is 10.00. The van der Waals surface area contributed by atoms with Gasteiger partial charge in [0.15, 0.2) is 5.82 Å². The average Bonchev–Trinajstić information content (AvgIpc) is 3.28. The molecule has 0 unspecified atom stereocenters. The largest absolute Gasteiger partial charge is 0.507 e. The molecule has 1 amide bonds. The molecule has 6 heteroatoms. The number of aliphatic hydroxyl groups is 1. The molecule has 0 bridgehead atoms. The zero-order valence-electron chi connectivity index (χ0n) is 18.8. The Morgan fingerprint density at radius 2 is 1.62 bits per heavy atom. The minimum atomic E-state index is -0.824. The van der Waals surface area contributed by atoms with E-state index in [0.29, 0.717) is 16.9 Å². The maximum atomic E-state index is 13.1. The van der Waals surface area contributed by atoms with Crippen molar-refractivity contribution in [1.82, 2.24) is 5.16 Å². The number of anilines is 1. The number of carbonyl (C=O) groups is 2. The molecular formula is C26H26N2O4. The van der Waals surface area contributed by atoms with Crippen LogP contribution in [0.2, 0.25) is 0 Å². The fourth-order valence-electron chi connectivity index (χ4n) is 3.88. The van der Waals surface area contributed by atoms with Crippen molar-refractivity contribution in [3.05, 3.63) is 88.2 Å². The highest BCUT2D eigenvalue weighted by Crippen LogP contribution is 2.42. The van der Waals surface area contributed by atoms with Crippen molar-refractivity contribution < 1.29 is 19.2 Å². The number of aryl methyl sites for hydroxylation is 2. The van der Waals surface area contributed by atoms with Gasteiger partial charge in [-0.15, -0.1) is 0 Å². The fourth-order valence-corrected chi connectivity index (χ4v) is 3.88. The van der Waals surface area contributed by atoms with Crippen LogP contribution >= 0.6 is 0 Å². The Morgan fingerprint density at radius 3 is 2.16 bits per heavy atom. The summed E-state index contributed by atoms with van der Waals surface area (Å²) in [4.78, 5) is 27.5. The summed E-state index contributed by atoms with van der Waals surface area (Å²) in [6.07, 6.45) is 0. The van der Waals surface area contributed by atoms with Gasteiger partial charge >= 0.3 is 5.91 Å². The van der Waals surface area contributed by atoms with Gasteiger partial charge in [-0.1, -0.05) is 80.0 Å². The zero-order chi connectivity index (χ0) is 23.2. The molecule has 1 aliphatic rings. The normalized spacial score (nSPS) is 18.4. The van der Waals surface area contributed by atoms with E-state index in [0.717, 1.165) is 11.1 Å². The second-order valence-corrected chi connectivity index (χ2v) is 9.20. The van der Waals surface area contributed by atoms with Gasteiger partial charge < -0.3 is 9.63 Å². The van der Waals surface area contributed by atoms with Gasteiger partial charge in [-0.3, -0.25) is 14.5 Å². The highest BCUT2D eigenvalue weighted by atomic mass is 16.5. The van der Waals surface area contributed by atoms with E-state index in [2.05, 4.69) is 25.9 Å². The van der Waals surface area contributed by atoms with Crippen LogP contribution in [0.15, 0.2) is 64.7 Å². The summed E-state index contributed by atoms with van der Waals surface area (Å²) in [5, 5.41) is 15.1. The third kappa shape index (κ3) is 3.73. The van der Waals surface area contributed by atoms with E-state index in [-0.39, 0.29) is 22.6 Å². The lowest BCUT2D eigenvalue weighted by molar-refractivity contribution is -0.132. The number of amides is 1. The molecule has 0 saturated carbocycles. The Bertz CT molecular complexity index is 1210. The van der Waals surface area contributed by atoms with Gasteiger partial charge in [0.05, 0.1) is 11.6 Å². The molecule has 1 atom stereocenters. The third-order valence-corrected chi connectivity index (χ3v) is 5.72. The van der Waals surface area contributed by atoms with Gasteiger partial charge in [0.2, 0.25) is 0 Å². The van der Waals surface area contributed by atoms with Gasteiger partial charge in [-0.2, -0.15) is 0 Å². The molecule has 3 aromatic rings. The molecule has 0 spiro atoms. The van der Waals surface area contributed by atoms with Gasteiger partial charge in [0.1, 0.15) is 11.5 Å². The van der Waals surface area contributed by atoms with Gasteiger partial charge in [0.25, 0.3) is 5.78 Å². The van der Waals surface area contributed by atoms with Crippen LogP contribution in [0.3, 0.4) is 0 Å². The van der Waals surface area contributed by atoms with Crippen molar-refractivity contribution in [2.24, 2.45) is 0 Å². The number of ketones is 1. The van der Waals surface area contributed by atoms with E-state index in [1.807, 2.05) is 43.3 Å². The minimum absolute atomic E-state index is 0.0306. The Morgan fingerprint density at radius 1 is 1.00 bits per heavy atom. The van der Waals surface area contributed by atoms with Crippen LogP contribution in [0.4, 0.5) is 5.82 Å². The van der Waals surface area contributed by atoms with E-state index in [4.69, 9.17) is 4.52 Å². The molecule has 0 radical (unpaired) electrons. The lowest BCUT2D eigenvalue weighted by atomic mass is 9.85. The Hall–Kier alpha value is -3.67. The van der Waals surface area contributed by atoms with E-state index in [9.17, 15) is 14.7 Å². The number of carbonyl (C=O) groups excluding carboxylic acids is 2. The first-order valence-electron chi connectivity index (χ1n) is 10.5. The van der Waals surface area contributed by atoms with E-state index >= 15 is 0 Å².